The molecule has 11 rings (SSSR count). The van der Waals surface area contributed by atoms with Crippen molar-refractivity contribution in [1.82, 2.24) is 14.0 Å². The van der Waals surface area contributed by atoms with E-state index in [4.69, 9.17) is 4.98 Å². The van der Waals surface area contributed by atoms with Crippen LogP contribution in [0.3, 0.4) is 0 Å². The second-order valence-corrected chi connectivity index (χ2v) is 14.5. The van der Waals surface area contributed by atoms with Crippen LogP contribution >= 0.6 is 0 Å². The Morgan fingerprint density at radius 2 is 1.04 bits per heavy atom. The van der Waals surface area contributed by atoms with Gasteiger partial charge < -0.3 is 9.47 Å². The van der Waals surface area contributed by atoms with E-state index >= 15 is 0 Å². The van der Waals surface area contributed by atoms with E-state index in [0.29, 0.717) is 0 Å². The third-order valence-corrected chi connectivity index (χ3v) is 11.1. The molecular formula is C53H36N4. The highest BCUT2D eigenvalue weighted by Crippen LogP contribution is 2.41. The van der Waals surface area contributed by atoms with E-state index < -0.39 is 0 Å². The lowest BCUT2D eigenvalue weighted by Gasteiger charge is -2.26. The largest absolute Gasteiger partial charge is 0.310 e. The van der Waals surface area contributed by atoms with Crippen molar-refractivity contribution >= 4 is 55.3 Å². The lowest BCUT2D eigenvalue weighted by Crippen LogP contribution is -2.10. The molecule has 0 radical (unpaired) electrons. The normalized spacial score (nSPS) is 11.5. The quantitative estimate of drug-likeness (QED) is 0.163. The summed E-state index contributed by atoms with van der Waals surface area (Å²) >= 11 is 0. The maximum absolute atomic E-state index is 5.09. The van der Waals surface area contributed by atoms with Gasteiger partial charge in [-0.25, -0.2) is 4.98 Å². The molecule has 0 saturated carbocycles. The lowest BCUT2D eigenvalue weighted by molar-refractivity contribution is 1.18. The Morgan fingerprint density at radius 1 is 0.404 bits per heavy atom. The number of hydrogen-bond donors (Lipinski definition) is 0. The highest BCUT2D eigenvalue weighted by atomic mass is 15.1. The van der Waals surface area contributed by atoms with E-state index in [0.717, 1.165) is 50.9 Å². The predicted molar refractivity (Wildman–Crippen MR) is 238 cm³/mol. The van der Waals surface area contributed by atoms with Crippen molar-refractivity contribution in [3.05, 3.63) is 219 Å². The smallest absolute Gasteiger partial charge is 0.137 e. The average Bonchev–Trinajstić information content (AvgIpc) is 3.85. The van der Waals surface area contributed by atoms with E-state index in [1.165, 1.54) is 43.7 Å². The van der Waals surface area contributed by atoms with Gasteiger partial charge in [0.05, 0.1) is 22.4 Å². The number of aromatic nitrogens is 3. The molecule has 0 N–H and O–H groups in total. The van der Waals surface area contributed by atoms with Gasteiger partial charge in [-0.3, -0.25) is 4.40 Å². The van der Waals surface area contributed by atoms with E-state index in [1.54, 1.807) is 0 Å². The molecule has 57 heavy (non-hydrogen) atoms. The van der Waals surface area contributed by atoms with Crippen LogP contribution in [0, 0.1) is 0 Å². The number of imidazole rings is 1. The Bertz CT molecular complexity index is 3210. The Labute approximate surface area is 330 Å². The van der Waals surface area contributed by atoms with Crippen LogP contribution in [-0.2, 0) is 0 Å². The van der Waals surface area contributed by atoms with Crippen LogP contribution in [0.1, 0.15) is 0 Å². The minimum atomic E-state index is 0.920. The Balaban J connectivity index is 0.965. The van der Waals surface area contributed by atoms with Gasteiger partial charge in [0.2, 0.25) is 0 Å². The van der Waals surface area contributed by atoms with Crippen molar-refractivity contribution < 1.29 is 0 Å². The van der Waals surface area contributed by atoms with Crippen LogP contribution in [-0.4, -0.2) is 14.0 Å². The van der Waals surface area contributed by atoms with Gasteiger partial charge in [-0.15, -0.1) is 0 Å². The van der Waals surface area contributed by atoms with Gasteiger partial charge in [0, 0.05) is 50.8 Å². The lowest BCUT2D eigenvalue weighted by atomic mass is 10.0. The molecule has 3 aromatic heterocycles. The van der Waals surface area contributed by atoms with Crippen molar-refractivity contribution in [2.45, 2.75) is 0 Å². The van der Waals surface area contributed by atoms with Crippen LogP contribution in [0.4, 0.5) is 17.1 Å². The maximum Gasteiger partial charge on any atom is 0.137 e. The number of benzene rings is 8. The molecule has 268 valence electrons. The van der Waals surface area contributed by atoms with Crippen molar-refractivity contribution in [1.29, 1.82) is 0 Å². The Hall–Kier alpha value is -7.69. The minimum absolute atomic E-state index is 0.920. The molecule has 0 unspecified atom stereocenters. The van der Waals surface area contributed by atoms with Crippen molar-refractivity contribution in [3.63, 3.8) is 0 Å². The highest BCUT2D eigenvalue weighted by molar-refractivity contribution is 6.21. The van der Waals surface area contributed by atoms with Crippen LogP contribution in [0.25, 0.3) is 77.6 Å². The standard InChI is InChI=1S/C53H36N4/c1-3-15-40(16-4-1)52-53(55-35-12-11-24-50(55)54-52)41-17-13-20-45(36-41)56(42-18-5-2-6-19-42)43-30-25-37(26-31-43)38-27-32-44(33-28-38)57-48-23-10-9-22-47(48)51-46-21-8-7-14-39(46)29-34-49(51)57/h1-36H. The molecule has 0 amide bonds. The zero-order valence-corrected chi connectivity index (χ0v) is 31.1. The number of pyridine rings is 1. The molecule has 0 saturated heterocycles. The van der Waals surface area contributed by atoms with Gasteiger partial charge in [0.15, 0.2) is 0 Å². The molecular weight excluding hydrogens is 693 g/mol. The number of anilines is 3. The van der Waals surface area contributed by atoms with Gasteiger partial charge in [-0.1, -0.05) is 140 Å². The molecule has 0 spiro atoms. The van der Waals surface area contributed by atoms with Crippen LogP contribution in [0.5, 0.6) is 0 Å². The summed E-state index contributed by atoms with van der Waals surface area (Å²) in [4.78, 5) is 7.42. The molecule has 4 heteroatoms. The number of hydrogen-bond acceptors (Lipinski definition) is 2. The first-order valence-corrected chi connectivity index (χ1v) is 19.4. The Morgan fingerprint density at radius 3 is 1.84 bits per heavy atom. The SMILES string of the molecule is c1ccc(-c2nc3ccccn3c2-c2cccc(N(c3ccccc3)c3ccc(-c4ccc(-n5c6ccccc6c6c7ccccc7ccc65)cc4)cc3)c2)cc1. The fraction of sp³-hybridized carbons (Fsp3) is 0. The summed E-state index contributed by atoms with van der Waals surface area (Å²) in [6, 6.07) is 75.8. The first-order valence-electron chi connectivity index (χ1n) is 19.4. The zero-order valence-electron chi connectivity index (χ0n) is 31.1. The number of fused-ring (bicyclic) bond motifs is 6. The molecule has 0 fully saturated rings. The molecule has 0 atom stereocenters. The van der Waals surface area contributed by atoms with Crippen molar-refractivity contribution in [3.8, 4) is 39.3 Å². The molecule has 8 aromatic carbocycles. The summed E-state index contributed by atoms with van der Waals surface area (Å²) < 4.78 is 4.59. The number of nitrogens with zero attached hydrogens (tertiary/aromatic N) is 4. The first kappa shape index (κ1) is 32.7. The minimum Gasteiger partial charge on any atom is -0.310 e. The summed E-state index contributed by atoms with van der Waals surface area (Å²) in [5.41, 5.74) is 14.3. The summed E-state index contributed by atoms with van der Waals surface area (Å²) in [6.45, 7) is 0. The monoisotopic (exact) mass is 728 g/mol. The summed E-state index contributed by atoms with van der Waals surface area (Å²) in [6.07, 6.45) is 2.10. The van der Waals surface area contributed by atoms with Crippen molar-refractivity contribution in [2.75, 3.05) is 4.90 Å². The summed E-state index contributed by atoms with van der Waals surface area (Å²) in [5, 5.41) is 5.11. The number of para-hydroxylation sites is 2. The topological polar surface area (TPSA) is 25.5 Å². The first-order chi connectivity index (χ1) is 28.3. The van der Waals surface area contributed by atoms with Gasteiger partial charge in [-0.2, -0.15) is 0 Å². The van der Waals surface area contributed by atoms with E-state index in [1.807, 2.05) is 12.1 Å². The fourth-order valence-electron chi connectivity index (χ4n) is 8.51. The molecule has 3 heterocycles. The van der Waals surface area contributed by atoms with E-state index in [9.17, 15) is 0 Å². The van der Waals surface area contributed by atoms with Crippen molar-refractivity contribution in [2.24, 2.45) is 0 Å². The zero-order chi connectivity index (χ0) is 37.7. The second kappa shape index (κ2) is 13.6. The van der Waals surface area contributed by atoms with Gasteiger partial charge in [-0.05, 0) is 94.7 Å². The fourth-order valence-corrected chi connectivity index (χ4v) is 8.51. The molecule has 0 aliphatic heterocycles. The molecule has 0 aliphatic rings. The Kier molecular flexibility index (Phi) is 7.78. The summed E-state index contributed by atoms with van der Waals surface area (Å²) in [5.74, 6) is 0. The third-order valence-electron chi connectivity index (χ3n) is 11.1. The van der Waals surface area contributed by atoms with E-state index in [-0.39, 0.29) is 0 Å². The molecule has 0 aliphatic carbocycles. The average molecular weight is 729 g/mol. The molecule has 4 nitrogen and oxygen atoms in total. The third kappa shape index (κ3) is 5.58. The maximum atomic E-state index is 5.09. The van der Waals surface area contributed by atoms with Crippen LogP contribution in [0.15, 0.2) is 219 Å². The summed E-state index contributed by atoms with van der Waals surface area (Å²) in [7, 11) is 0. The van der Waals surface area contributed by atoms with Gasteiger partial charge >= 0.3 is 0 Å². The highest BCUT2D eigenvalue weighted by Gasteiger charge is 2.19. The molecule has 0 bridgehead atoms. The van der Waals surface area contributed by atoms with Crippen LogP contribution in [0.2, 0.25) is 0 Å². The predicted octanol–water partition coefficient (Wildman–Crippen LogP) is 14.1. The second-order valence-electron chi connectivity index (χ2n) is 14.5. The van der Waals surface area contributed by atoms with Crippen LogP contribution < -0.4 is 4.90 Å². The number of rotatable bonds is 7. The van der Waals surface area contributed by atoms with Gasteiger partial charge in [0.1, 0.15) is 5.65 Å². The van der Waals surface area contributed by atoms with Gasteiger partial charge in [0.25, 0.3) is 0 Å². The molecule has 11 aromatic rings. The van der Waals surface area contributed by atoms with E-state index in [2.05, 4.69) is 220 Å².